The fourth-order valence-electron chi connectivity index (χ4n) is 3.55. The monoisotopic (exact) mass is 256 g/mol. The van der Waals surface area contributed by atoms with Gasteiger partial charge in [0.25, 0.3) is 0 Å². The van der Waals surface area contributed by atoms with Crippen molar-refractivity contribution in [3.8, 4) is 0 Å². The SMILES string of the molecule is COC(=O)C(=O)[C@H]1[C@H](c2ccccc2)[C@H]2C=C[C@@H]1C2. The van der Waals surface area contributed by atoms with Crippen molar-refractivity contribution < 1.29 is 14.3 Å². The first-order valence-corrected chi connectivity index (χ1v) is 6.58. The lowest BCUT2D eigenvalue weighted by Gasteiger charge is -2.26. The zero-order valence-electron chi connectivity index (χ0n) is 10.8. The largest absolute Gasteiger partial charge is 0.463 e. The maximum Gasteiger partial charge on any atom is 0.374 e. The molecular weight excluding hydrogens is 240 g/mol. The predicted molar refractivity (Wildman–Crippen MR) is 70.4 cm³/mol. The minimum absolute atomic E-state index is 0.114. The molecule has 0 aromatic heterocycles. The molecule has 1 aromatic rings. The number of ketones is 1. The van der Waals surface area contributed by atoms with Gasteiger partial charge in [0.1, 0.15) is 0 Å². The van der Waals surface area contributed by atoms with Crippen molar-refractivity contribution >= 4 is 11.8 Å². The number of fused-ring (bicyclic) bond motifs is 2. The van der Waals surface area contributed by atoms with Crippen molar-refractivity contribution in [1.82, 2.24) is 0 Å². The van der Waals surface area contributed by atoms with E-state index in [0.717, 1.165) is 12.0 Å². The van der Waals surface area contributed by atoms with Gasteiger partial charge < -0.3 is 4.74 Å². The van der Waals surface area contributed by atoms with E-state index >= 15 is 0 Å². The van der Waals surface area contributed by atoms with Gasteiger partial charge in [0, 0.05) is 11.8 Å². The molecule has 4 atom stereocenters. The number of carbonyl (C=O) groups excluding carboxylic acids is 2. The lowest BCUT2D eigenvalue weighted by molar-refractivity contribution is -0.154. The molecule has 98 valence electrons. The smallest absolute Gasteiger partial charge is 0.374 e. The van der Waals surface area contributed by atoms with Crippen LogP contribution in [0.25, 0.3) is 0 Å². The lowest BCUT2D eigenvalue weighted by Crippen LogP contribution is -2.32. The Bertz CT molecular complexity index is 532. The number of esters is 1. The molecule has 0 saturated heterocycles. The van der Waals surface area contributed by atoms with E-state index in [9.17, 15) is 9.59 Å². The van der Waals surface area contributed by atoms with Crippen LogP contribution < -0.4 is 0 Å². The Hall–Kier alpha value is -1.90. The number of allylic oxidation sites excluding steroid dienone is 2. The first-order valence-electron chi connectivity index (χ1n) is 6.58. The molecule has 1 aromatic carbocycles. The Kier molecular flexibility index (Phi) is 2.97. The number of carbonyl (C=O) groups is 2. The molecule has 1 fully saturated rings. The number of ether oxygens (including phenoxy) is 1. The fraction of sp³-hybridized carbons (Fsp3) is 0.375. The Morgan fingerprint density at radius 2 is 1.79 bits per heavy atom. The van der Waals surface area contributed by atoms with Gasteiger partial charge in [-0.2, -0.15) is 0 Å². The average molecular weight is 256 g/mol. The van der Waals surface area contributed by atoms with Gasteiger partial charge in [0.2, 0.25) is 5.78 Å². The van der Waals surface area contributed by atoms with Crippen molar-refractivity contribution in [2.45, 2.75) is 12.3 Å². The van der Waals surface area contributed by atoms with Gasteiger partial charge >= 0.3 is 5.97 Å². The highest BCUT2D eigenvalue weighted by Crippen LogP contribution is 2.53. The molecule has 1 saturated carbocycles. The van der Waals surface area contributed by atoms with Crippen molar-refractivity contribution in [2.24, 2.45) is 17.8 Å². The zero-order chi connectivity index (χ0) is 13.4. The molecule has 3 nitrogen and oxygen atoms in total. The van der Waals surface area contributed by atoms with Crippen LogP contribution in [0.2, 0.25) is 0 Å². The summed E-state index contributed by atoms with van der Waals surface area (Å²) in [6.07, 6.45) is 5.23. The first kappa shape index (κ1) is 12.2. The number of Topliss-reactive ketones (excluding diaryl/α,β-unsaturated/α-hetero) is 1. The van der Waals surface area contributed by atoms with E-state index in [0.29, 0.717) is 5.92 Å². The summed E-state index contributed by atoms with van der Waals surface area (Å²) in [4.78, 5) is 23.8. The molecule has 19 heavy (non-hydrogen) atoms. The Balaban J connectivity index is 1.96. The summed E-state index contributed by atoms with van der Waals surface area (Å²) in [5.74, 6) is -0.694. The predicted octanol–water partition coefficient (Wildman–Crippen LogP) is 2.33. The van der Waals surface area contributed by atoms with Crippen LogP contribution in [0.4, 0.5) is 0 Å². The molecule has 0 aliphatic heterocycles. The van der Waals surface area contributed by atoms with Crippen LogP contribution in [0, 0.1) is 17.8 Å². The maximum atomic E-state index is 12.2. The van der Waals surface area contributed by atoms with E-state index in [2.05, 4.69) is 16.9 Å². The molecule has 0 heterocycles. The van der Waals surface area contributed by atoms with E-state index in [1.54, 1.807) is 0 Å². The zero-order valence-corrected chi connectivity index (χ0v) is 10.8. The fourth-order valence-corrected chi connectivity index (χ4v) is 3.55. The van der Waals surface area contributed by atoms with Crippen LogP contribution in [0.1, 0.15) is 17.9 Å². The summed E-state index contributed by atoms with van der Waals surface area (Å²) >= 11 is 0. The van der Waals surface area contributed by atoms with E-state index in [1.807, 2.05) is 30.3 Å². The van der Waals surface area contributed by atoms with Gasteiger partial charge in [-0.25, -0.2) is 4.79 Å². The van der Waals surface area contributed by atoms with Gasteiger partial charge in [-0.3, -0.25) is 4.79 Å². The topological polar surface area (TPSA) is 43.4 Å². The molecule has 2 bridgehead atoms. The van der Waals surface area contributed by atoms with Gasteiger partial charge in [-0.1, -0.05) is 42.5 Å². The summed E-state index contributed by atoms with van der Waals surface area (Å²) in [7, 11) is 1.26. The molecule has 3 rings (SSSR count). The molecule has 2 aliphatic carbocycles. The number of methoxy groups -OCH3 is 1. The number of hydrogen-bond acceptors (Lipinski definition) is 3. The van der Waals surface area contributed by atoms with E-state index < -0.39 is 5.97 Å². The summed E-state index contributed by atoms with van der Waals surface area (Å²) in [6, 6.07) is 9.99. The molecule has 0 spiro atoms. The minimum Gasteiger partial charge on any atom is -0.463 e. The summed E-state index contributed by atoms with van der Waals surface area (Å²) in [5, 5.41) is 0. The van der Waals surface area contributed by atoms with Crippen LogP contribution in [-0.2, 0) is 14.3 Å². The standard InChI is InChI=1S/C16H16O3/c1-19-16(18)15(17)14-12-8-7-11(9-12)13(14)10-5-3-2-4-6-10/h2-8,11-14H,9H2,1H3/t11-,12+,13+,14+/m0/s1. The van der Waals surface area contributed by atoms with Crippen molar-refractivity contribution in [3.63, 3.8) is 0 Å². The van der Waals surface area contributed by atoms with Crippen LogP contribution in [0.3, 0.4) is 0 Å². The van der Waals surface area contributed by atoms with Crippen molar-refractivity contribution in [3.05, 3.63) is 48.0 Å². The highest BCUT2D eigenvalue weighted by Gasteiger charge is 2.50. The minimum atomic E-state index is -0.716. The second kappa shape index (κ2) is 4.65. The molecule has 3 heteroatoms. The highest BCUT2D eigenvalue weighted by atomic mass is 16.5. The Morgan fingerprint density at radius 3 is 2.47 bits per heavy atom. The molecular formula is C16H16O3. The highest BCUT2D eigenvalue weighted by molar-refractivity contribution is 6.34. The number of hydrogen-bond donors (Lipinski definition) is 0. The van der Waals surface area contributed by atoms with Crippen LogP contribution in [-0.4, -0.2) is 18.9 Å². The molecule has 0 N–H and O–H groups in total. The first-order chi connectivity index (χ1) is 9.22. The quantitative estimate of drug-likeness (QED) is 0.473. The van der Waals surface area contributed by atoms with Crippen LogP contribution in [0.5, 0.6) is 0 Å². The third-order valence-corrected chi connectivity index (χ3v) is 4.33. The van der Waals surface area contributed by atoms with Crippen molar-refractivity contribution in [1.29, 1.82) is 0 Å². The molecule has 0 unspecified atom stereocenters. The van der Waals surface area contributed by atoms with Gasteiger partial charge in [-0.15, -0.1) is 0 Å². The Morgan fingerprint density at radius 1 is 1.11 bits per heavy atom. The third-order valence-electron chi connectivity index (χ3n) is 4.33. The maximum absolute atomic E-state index is 12.2. The van der Waals surface area contributed by atoms with E-state index in [4.69, 9.17) is 0 Å². The van der Waals surface area contributed by atoms with Gasteiger partial charge in [-0.05, 0) is 23.8 Å². The van der Waals surface area contributed by atoms with Gasteiger partial charge in [0.05, 0.1) is 7.11 Å². The summed E-state index contributed by atoms with van der Waals surface area (Å²) in [6.45, 7) is 0. The van der Waals surface area contributed by atoms with Crippen molar-refractivity contribution in [2.75, 3.05) is 7.11 Å². The second-order valence-electron chi connectivity index (χ2n) is 5.27. The van der Waals surface area contributed by atoms with Crippen LogP contribution >= 0.6 is 0 Å². The third kappa shape index (κ3) is 1.89. The van der Waals surface area contributed by atoms with Gasteiger partial charge in [0.15, 0.2) is 0 Å². The normalized spacial score (nSPS) is 31.4. The number of benzene rings is 1. The lowest BCUT2D eigenvalue weighted by atomic mass is 9.76. The summed E-state index contributed by atoms with van der Waals surface area (Å²) in [5.41, 5.74) is 1.14. The number of rotatable bonds is 3. The van der Waals surface area contributed by atoms with Crippen LogP contribution in [0.15, 0.2) is 42.5 Å². The molecule has 2 aliphatic rings. The second-order valence-corrected chi connectivity index (χ2v) is 5.27. The molecule has 0 radical (unpaired) electrons. The average Bonchev–Trinajstić information content (AvgIpc) is 3.07. The van der Waals surface area contributed by atoms with E-state index in [-0.39, 0.29) is 23.5 Å². The summed E-state index contributed by atoms with van der Waals surface area (Å²) < 4.78 is 4.60. The van der Waals surface area contributed by atoms with E-state index in [1.165, 1.54) is 7.11 Å². The Labute approximate surface area is 112 Å². The molecule has 0 amide bonds.